The van der Waals surface area contributed by atoms with Crippen LogP contribution in [0.25, 0.3) is 0 Å². The van der Waals surface area contributed by atoms with E-state index in [0.29, 0.717) is 12.5 Å². The lowest BCUT2D eigenvalue weighted by atomic mass is 10.1. The largest absolute Gasteiger partial charge is 0.381 e. The van der Waals surface area contributed by atoms with Gasteiger partial charge in [0.05, 0.1) is 13.2 Å². The van der Waals surface area contributed by atoms with E-state index in [1.807, 2.05) is 0 Å². The van der Waals surface area contributed by atoms with Crippen molar-refractivity contribution in [2.75, 3.05) is 39.5 Å². The van der Waals surface area contributed by atoms with Gasteiger partial charge >= 0.3 is 0 Å². The zero-order valence-corrected chi connectivity index (χ0v) is 10.2. The number of piperidine rings is 1. The van der Waals surface area contributed by atoms with Crippen molar-refractivity contribution >= 4 is 5.91 Å². The number of carbonyl (C=O) groups excluding carboxylic acids is 1. The van der Waals surface area contributed by atoms with E-state index in [1.165, 1.54) is 0 Å². The molecule has 0 aromatic carbocycles. The van der Waals surface area contributed by atoms with Gasteiger partial charge in [0.1, 0.15) is 6.61 Å². The van der Waals surface area contributed by atoms with Crippen LogP contribution in [0.3, 0.4) is 0 Å². The maximum atomic E-state index is 11.6. The van der Waals surface area contributed by atoms with Crippen LogP contribution in [0.1, 0.15) is 19.3 Å². The number of ether oxygens (including phenoxy) is 2. The highest BCUT2D eigenvalue weighted by molar-refractivity contribution is 5.77. The first kappa shape index (κ1) is 12.8. The molecule has 1 unspecified atom stereocenters. The molecule has 2 rings (SSSR count). The average Bonchev–Trinajstić information content (AvgIpc) is 2.83. The lowest BCUT2D eigenvalue weighted by Crippen LogP contribution is -2.46. The van der Waals surface area contributed by atoms with Crippen molar-refractivity contribution in [1.82, 2.24) is 10.6 Å². The summed E-state index contributed by atoms with van der Waals surface area (Å²) in [4.78, 5) is 11.6. The Labute approximate surface area is 102 Å². The molecule has 0 saturated carbocycles. The molecule has 98 valence electrons. The molecule has 5 heteroatoms. The monoisotopic (exact) mass is 242 g/mol. The third-order valence-electron chi connectivity index (χ3n) is 3.27. The molecule has 2 atom stereocenters. The van der Waals surface area contributed by atoms with Gasteiger partial charge in [-0.15, -0.1) is 0 Å². The Balaban J connectivity index is 1.53. The van der Waals surface area contributed by atoms with Crippen molar-refractivity contribution in [3.05, 3.63) is 0 Å². The minimum atomic E-state index is -0.00221. The molecule has 1 amide bonds. The molecule has 0 aliphatic carbocycles. The molecule has 0 radical (unpaired) electrons. The van der Waals surface area contributed by atoms with Gasteiger partial charge in [0.15, 0.2) is 0 Å². The molecule has 0 aromatic rings. The van der Waals surface area contributed by atoms with Gasteiger partial charge in [-0.3, -0.25) is 4.79 Å². The molecule has 2 fully saturated rings. The average molecular weight is 242 g/mol. The van der Waals surface area contributed by atoms with Gasteiger partial charge in [-0.1, -0.05) is 0 Å². The third-order valence-corrected chi connectivity index (χ3v) is 3.27. The van der Waals surface area contributed by atoms with Gasteiger partial charge in [-0.05, 0) is 25.8 Å². The number of amides is 1. The fourth-order valence-electron chi connectivity index (χ4n) is 2.28. The Morgan fingerprint density at radius 1 is 1.47 bits per heavy atom. The highest BCUT2D eigenvalue weighted by Crippen LogP contribution is 2.12. The zero-order chi connectivity index (χ0) is 11.9. The first-order chi connectivity index (χ1) is 8.34. The first-order valence-electron chi connectivity index (χ1n) is 6.50. The van der Waals surface area contributed by atoms with Crippen molar-refractivity contribution in [3.63, 3.8) is 0 Å². The second-order valence-electron chi connectivity index (χ2n) is 4.86. The van der Waals surface area contributed by atoms with Crippen molar-refractivity contribution in [2.24, 2.45) is 5.92 Å². The van der Waals surface area contributed by atoms with Gasteiger partial charge in [0, 0.05) is 25.1 Å². The third kappa shape index (κ3) is 4.61. The first-order valence-corrected chi connectivity index (χ1v) is 6.50. The van der Waals surface area contributed by atoms with Crippen molar-refractivity contribution in [1.29, 1.82) is 0 Å². The molecule has 5 nitrogen and oxygen atoms in total. The normalized spacial score (nSPS) is 29.2. The van der Waals surface area contributed by atoms with Crippen LogP contribution in [-0.2, 0) is 14.3 Å². The second-order valence-corrected chi connectivity index (χ2v) is 4.86. The van der Waals surface area contributed by atoms with Crippen molar-refractivity contribution in [3.8, 4) is 0 Å². The van der Waals surface area contributed by atoms with E-state index in [-0.39, 0.29) is 18.6 Å². The molecular formula is C12H22N2O3. The maximum absolute atomic E-state index is 11.6. The van der Waals surface area contributed by atoms with Crippen LogP contribution in [0.4, 0.5) is 0 Å². The summed E-state index contributed by atoms with van der Waals surface area (Å²) in [6, 6.07) is 0.273. The van der Waals surface area contributed by atoms with E-state index in [1.54, 1.807) is 0 Å². The van der Waals surface area contributed by atoms with Crippen LogP contribution in [0.2, 0.25) is 0 Å². The van der Waals surface area contributed by atoms with Gasteiger partial charge < -0.3 is 20.1 Å². The molecule has 2 saturated heterocycles. The van der Waals surface area contributed by atoms with E-state index >= 15 is 0 Å². The van der Waals surface area contributed by atoms with Crippen LogP contribution in [0.5, 0.6) is 0 Å². The van der Waals surface area contributed by atoms with E-state index in [9.17, 15) is 4.79 Å². The summed E-state index contributed by atoms with van der Waals surface area (Å²) in [6.45, 7) is 4.35. The lowest BCUT2D eigenvalue weighted by Gasteiger charge is -2.23. The molecule has 2 aliphatic heterocycles. The summed E-state index contributed by atoms with van der Waals surface area (Å²) in [5.41, 5.74) is 0. The summed E-state index contributed by atoms with van der Waals surface area (Å²) < 4.78 is 10.7. The Morgan fingerprint density at radius 3 is 3.12 bits per heavy atom. The topological polar surface area (TPSA) is 59.6 Å². The predicted octanol–water partition coefficient (Wildman–Crippen LogP) is -0.0923. The fraction of sp³-hybridized carbons (Fsp3) is 0.917. The Bertz CT molecular complexity index is 236. The van der Waals surface area contributed by atoms with E-state index in [2.05, 4.69) is 10.6 Å². The van der Waals surface area contributed by atoms with Crippen LogP contribution >= 0.6 is 0 Å². The quantitative estimate of drug-likeness (QED) is 0.707. The summed E-state index contributed by atoms with van der Waals surface area (Å²) in [7, 11) is 0. The summed E-state index contributed by atoms with van der Waals surface area (Å²) in [5.74, 6) is 0.469. The smallest absolute Gasteiger partial charge is 0.246 e. The molecule has 0 bridgehead atoms. The van der Waals surface area contributed by atoms with E-state index < -0.39 is 0 Å². The molecule has 2 aliphatic rings. The van der Waals surface area contributed by atoms with Crippen LogP contribution in [-0.4, -0.2) is 51.5 Å². The molecule has 0 aromatic heterocycles. The van der Waals surface area contributed by atoms with Crippen LogP contribution in [0.15, 0.2) is 0 Å². The minimum Gasteiger partial charge on any atom is -0.381 e. The lowest BCUT2D eigenvalue weighted by molar-refractivity contribution is -0.127. The number of hydrogen-bond acceptors (Lipinski definition) is 4. The molecular weight excluding hydrogens is 220 g/mol. The predicted molar refractivity (Wildman–Crippen MR) is 63.8 cm³/mol. The maximum Gasteiger partial charge on any atom is 0.246 e. The number of carbonyl (C=O) groups is 1. The van der Waals surface area contributed by atoms with E-state index in [0.717, 1.165) is 45.6 Å². The Morgan fingerprint density at radius 2 is 2.41 bits per heavy atom. The van der Waals surface area contributed by atoms with Gasteiger partial charge in [0.2, 0.25) is 5.91 Å². The highest BCUT2D eigenvalue weighted by atomic mass is 16.5. The molecule has 2 heterocycles. The van der Waals surface area contributed by atoms with Gasteiger partial charge in [-0.25, -0.2) is 0 Å². The van der Waals surface area contributed by atoms with Crippen LogP contribution < -0.4 is 10.6 Å². The van der Waals surface area contributed by atoms with Crippen LogP contribution in [0, 0.1) is 5.92 Å². The molecule has 0 spiro atoms. The fourth-order valence-corrected chi connectivity index (χ4v) is 2.28. The number of hydrogen-bond donors (Lipinski definition) is 2. The van der Waals surface area contributed by atoms with Crippen molar-refractivity contribution in [2.45, 2.75) is 25.3 Å². The number of rotatable bonds is 5. The SMILES string of the molecule is O=C(COCC1CCOC1)N[C@H]1CCCNC1. The summed E-state index contributed by atoms with van der Waals surface area (Å²) in [5, 5.41) is 6.26. The molecule has 17 heavy (non-hydrogen) atoms. The van der Waals surface area contributed by atoms with Crippen molar-refractivity contribution < 1.29 is 14.3 Å². The standard InChI is InChI=1S/C12H22N2O3/c15-12(14-11-2-1-4-13-6-11)9-17-8-10-3-5-16-7-10/h10-11,13H,1-9H2,(H,14,15)/t10?,11-/m0/s1. The van der Waals surface area contributed by atoms with Gasteiger partial charge in [0.25, 0.3) is 0 Å². The highest BCUT2D eigenvalue weighted by Gasteiger charge is 2.18. The molecule has 2 N–H and O–H groups in total. The minimum absolute atomic E-state index is 0.00221. The summed E-state index contributed by atoms with van der Waals surface area (Å²) >= 11 is 0. The van der Waals surface area contributed by atoms with E-state index in [4.69, 9.17) is 9.47 Å². The number of nitrogens with one attached hydrogen (secondary N) is 2. The zero-order valence-electron chi connectivity index (χ0n) is 10.2. The Hall–Kier alpha value is -0.650. The summed E-state index contributed by atoms with van der Waals surface area (Å²) in [6.07, 6.45) is 3.24. The Kier molecular flexibility index (Phi) is 5.22. The van der Waals surface area contributed by atoms with Gasteiger partial charge in [-0.2, -0.15) is 0 Å². The second kappa shape index (κ2) is 6.93.